The third-order valence-electron chi connectivity index (χ3n) is 5.37. The monoisotopic (exact) mass is 594 g/mol. The molecule has 0 radical (unpaired) electrons. The molecule has 0 saturated heterocycles. The molecule has 1 amide bonds. The van der Waals surface area contributed by atoms with Crippen molar-refractivity contribution < 1.29 is 14.1 Å². The van der Waals surface area contributed by atoms with Crippen LogP contribution in [0.25, 0.3) is 21.0 Å². The van der Waals surface area contributed by atoms with Crippen LogP contribution in [0.1, 0.15) is 40.2 Å². The highest BCUT2D eigenvalue weighted by Gasteiger charge is 2.17. The molecule has 3 N–H and O–H groups in total. The molecule has 4 aromatic rings. The molecule has 0 aliphatic rings. The summed E-state index contributed by atoms with van der Waals surface area (Å²) >= 11 is 1.91. The second-order valence-corrected chi connectivity index (χ2v) is 13.5. The standard InChI is InChI=1S/C30H34N4O3S3/c1-20(2)37-29(35)33-23-14-12-22(13-15-23)28-31-19-27(38-28)25-16-11-21(17-26(25)39-34-30(3,4)5)18-32-40(36)24-9-7-6-8-10-24/h6-17,19-20,32,34H,18H2,1-5H3,(H,33,35). The molecule has 0 bridgehead atoms. The zero-order valence-electron chi connectivity index (χ0n) is 23.2. The van der Waals surface area contributed by atoms with Gasteiger partial charge in [0.05, 0.1) is 28.9 Å². The second kappa shape index (κ2) is 13.7. The number of carbonyl (C=O) groups is 1. The van der Waals surface area contributed by atoms with Crippen LogP contribution in [0, 0.1) is 0 Å². The van der Waals surface area contributed by atoms with Gasteiger partial charge in [-0.2, -0.15) is 0 Å². The second-order valence-electron chi connectivity index (χ2n) is 10.4. The lowest BCUT2D eigenvalue weighted by atomic mass is 10.1. The first-order valence-corrected chi connectivity index (χ1v) is 15.7. The molecule has 1 aromatic heterocycles. The molecule has 7 nitrogen and oxygen atoms in total. The van der Waals surface area contributed by atoms with E-state index in [4.69, 9.17) is 4.74 Å². The Morgan fingerprint density at radius 1 is 1.07 bits per heavy atom. The third kappa shape index (κ3) is 8.82. The Hall–Kier alpha value is -2.86. The van der Waals surface area contributed by atoms with E-state index in [9.17, 15) is 9.35 Å². The van der Waals surface area contributed by atoms with Crippen molar-refractivity contribution in [3.8, 4) is 21.0 Å². The molecule has 0 aliphatic carbocycles. The molecule has 40 heavy (non-hydrogen) atoms. The summed E-state index contributed by atoms with van der Waals surface area (Å²) in [4.78, 5) is 19.4. The fraction of sp³-hybridized carbons (Fsp3) is 0.267. The quantitative estimate of drug-likeness (QED) is 0.128. The van der Waals surface area contributed by atoms with E-state index in [-0.39, 0.29) is 11.6 Å². The van der Waals surface area contributed by atoms with Crippen molar-refractivity contribution in [2.75, 3.05) is 5.32 Å². The van der Waals surface area contributed by atoms with Crippen LogP contribution in [0.15, 0.2) is 88.8 Å². The van der Waals surface area contributed by atoms with Crippen molar-refractivity contribution in [2.24, 2.45) is 0 Å². The highest BCUT2D eigenvalue weighted by Crippen LogP contribution is 2.38. The summed E-state index contributed by atoms with van der Waals surface area (Å²) < 4.78 is 24.4. The number of hydrogen-bond donors (Lipinski definition) is 3. The molecular weight excluding hydrogens is 561 g/mol. The Kier molecular flexibility index (Phi) is 10.3. The molecule has 0 aliphatic heterocycles. The molecule has 0 saturated carbocycles. The summed E-state index contributed by atoms with van der Waals surface area (Å²) in [7, 11) is 0. The number of ether oxygens (including phenoxy) is 1. The lowest BCUT2D eigenvalue weighted by molar-refractivity contribution is 0.130. The molecule has 0 fully saturated rings. The number of thiazole rings is 1. The SMILES string of the molecule is CC(C)OC(=O)Nc1ccc(-c2ncc(-c3ccc(CN[S+]([O-])c4ccccc4)cc3SNC(C)(C)C)s2)cc1. The Labute approximate surface area is 247 Å². The van der Waals surface area contributed by atoms with E-state index in [1.54, 1.807) is 23.3 Å². The van der Waals surface area contributed by atoms with E-state index in [2.05, 4.69) is 58.7 Å². The van der Waals surface area contributed by atoms with Gasteiger partial charge in [-0.15, -0.1) is 16.1 Å². The van der Waals surface area contributed by atoms with Gasteiger partial charge in [0, 0.05) is 33.4 Å². The van der Waals surface area contributed by atoms with Gasteiger partial charge >= 0.3 is 6.09 Å². The van der Waals surface area contributed by atoms with Gasteiger partial charge in [0.15, 0.2) is 4.90 Å². The lowest BCUT2D eigenvalue weighted by Crippen LogP contribution is -2.29. The average molecular weight is 595 g/mol. The molecule has 10 heteroatoms. The summed E-state index contributed by atoms with van der Waals surface area (Å²) in [5.41, 5.74) is 3.66. The molecule has 3 aromatic carbocycles. The van der Waals surface area contributed by atoms with Crippen molar-refractivity contribution in [1.82, 2.24) is 14.4 Å². The minimum Gasteiger partial charge on any atom is -0.593 e. The van der Waals surface area contributed by atoms with E-state index in [1.807, 2.05) is 74.6 Å². The van der Waals surface area contributed by atoms with Crippen LogP contribution in [0.2, 0.25) is 0 Å². The normalized spacial score (nSPS) is 12.4. The van der Waals surface area contributed by atoms with Crippen LogP contribution < -0.4 is 14.8 Å². The Morgan fingerprint density at radius 2 is 1.80 bits per heavy atom. The highest BCUT2D eigenvalue weighted by molar-refractivity contribution is 7.97. The predicted octanol–water partition coefficient (Wildman–Crippen LogP) is 7.64. The molecule has 1 atom stereocenters. The Balaban J connectivity index is 1.51. The van der Waals surface area contributed by atoms with E-state index < -0.39 is 17.5 Å². The van der Waals surface area contributed by atoms with Gasteiger partial charge in [0.2, 0.25) is 0 Å². The fourth-order valence-electron chi connectivity index (χ4n) is 3.54. The first-order chi connectivity index (χ1) is 19.1. The van der Waals surface area contributed by atoms with Gasteiger partial charge in [-0.05, 0) is 94.6 Å². The smallest absolute Gasteiger partial charge is 0.411 e. The summed E-state index contributed by atoms with van der Waals surface area (Å²) in [6.45, 7) is 10.5. The maximum absolute atomic E-state index is 12.7. The molecule has 1 heterocycles. The first-order valence-electron chi connectivity index (χ1n) is 12.9. The molecular formula is C30H34N4O3S3. The van der Waals surface area contributed by atoms with Crippen molar-refractivity contribution in [1.29, 1.82) is 0 Å². The van der Waals surface area contributed by atoms with Crippen LogP contribution in [-0.2, 0) is 22.6 Å². The molecule has 4 rings (SSSR count). The summed E-state index contributed by atoms with van der Waals surface area (Å²) in [6.07, 6.45) is 1.24. The minimum absolute atomic E-state index is 0.0821. The lowest BCUT2D eigenvalue weighted by Gasteiger charge is -2.21. The van der Waals surface area contributed by atoms with Crippen LogP contribution in [0.5, 0.6) is 0 Å². The zero-order chi connectivity index (χ0) is 28.7. The Bertz CT molecular complexity index is 1400. The summed E-state index contributed by atoms with van der Waals surface area (Å²) in [5, 5.41) is 3.62. The highest BCUT2D eigenvalue weighted by atomic mass is 32.2. The number of aromatic nitrogens is 1. The van der Waals surface area contributed by atoms with Crippen LogP contribution in [-0.4, -0.2) is 27.3 Å². The summed E-state index contributed by atoms with van der Waals surface area (Å²) in [5.74, 6) is 0. The Morgan fingerprint density at radius 3 is 2.48 bits per heavy atom. The number of anilines is 1. The maximum Gasteiger partial charge on any atom is 0.411 e. The fourth-order valence-corrected chi connectivity index (χ4v) is 6.35. The van der Waals surface area contributed by atoms with Crippen molar-refractivity contribution >= 4 is 46.4 Å². The predicted molar refractivity (Wildman–Crippen MR) is 167 cm³/mol. The van der Waals surface area contributed by atoms with Gasteiger partial charge in [-0.25, -0.2) is 9.78 Å². The first kappa shape index (κ1) is 30.1. The van der Waals surface area contributed by atoms with Crippen LogP contribution in [0.4, 0.5) is 10.5 Å². The number of nitrogens with one attached hydrogen (secondary N) is 3. The number of benzene rings is 3. The van der Waals surface area contributed by atoms with Gasteiger partial charge in [0.25, 0.3) is 0 Å². The molecule has 1 unspecified atom stereocenters. The van der Waals surface area contributed by atoms with E-state index in [0.29, 0.717) is 12.2 Å². The number of nitrogens with zero attached hydrogens (tertiary/aromatic N) is 1. The number of hydrogen-bond acceptors (Lipinski definition) is 8. The van der Waals surface area contributed by atoms with Crippen molar-refractivity contribution in [3.63, 3.8) is 0 Å². The molecule has 0 spiro atoms. The number of carbonyl (C=O) groups excluding carboxylic acids is 1. The third-order valence-corrected chi connectivity index (χ3v) is 8.83. The van der Waals surface area contributed by atoms with Crippen LogP contribution >= 0.6 is 23.3 Å². The van der Waals surface area contributed by atoms with Gasteiger partial charge in [-0.3, -0.25) is 10.0 Å². The van der Waals surface area contributed by atoms with Gasteiger partial charge < -0.3 is 9.29 Å². The minimum atomic E-state index is -1.29. The topological polar surface area (TPSA) is 98.3 Å². The number of amides is 1. The van der Waals surface area contributed by atoms with E-state index >= 15 is 0 Å². The van der Waals surface area contributed by atoms with Crippen molar-refractivity contribution in [2.45, 2.75) is 62.6 Å². The van der Waals surface area contributed by atoms with E-state index in [0.717, 1.165) is 36.4 Å². The van der Waals surface area contributed by atoms with Gasteiger partial charge in [-0.1, -0.05) is 30.3 Å². The van der Waals surface area contributed by atoms with Crippen molar-refractivity contribution in [3.05, 3.63) is 84.6 Å². The molecule has 210 valence electrons. The largest absolute Gasteiger partial charge is 0.593 e. The maximum atomic E-state index is 12.7. The number of rotatable bonds is 10. The van der Waals surface area contributed by atoms with Crippen LogP contribution in [0.3, 0.4) is 0 Å². The summed E-state index contributed by atoms with van der Waals surface area (Å²) in [6, 6.07) is 23.2. The van der Waals surface area contributed by atoms with E-state index in [1.165, 1.54) is 0 Å². The average Bonchev–Trinajstić information content (AvgIpc) is 3.41. The zero-order valence-corrected chi connectivity index (χ0v) is 25.6. The van der Waals surface area contributed by atoms with Gasteiger partial charge in [0.1, 0.15) is 5.01 Å².